The Morgan fingerprint density at radius 2 is 1.83 bits per heavy atom. The van der Waals surface area contributed by atoms with Crippen molar-refractivity contribution >= 4 is 17.6 Å². The maximum absolute atomic E-state index is 12.3. The molecule has 1 saturated heterocycles. The number of carbonyl (C=O) groups is 3. The average molecular weight is 324 g/mol. The number of hydrogen-bond acceptors (Lipinski definition) is 3. The van der Waals surface area contributed by atoms with Crippen LogP contribution in [0.3, 0.4) is 0 Å². The molecule has 0 aliphatic carbocycles. The van der Waals surface area contributed by atoms with Crippen LogP contribution in [0.25, 0.3) is 0 Å². The van der Waals surface area contributed by atoms with Crippen LogP contribution in [-0.4, -0.2) is 42.1 Å². The smallest absolute Gasteiger partial charge is 0.222 e. The molecular weight excluding hydrogens is 292 g/mol. The maximum atomic E-state index is 12.3. The average Bonchev–Trinajstić information content (AvgIpc) is 2.53. The van der Waals surface area contributed by atoms with Crippen LogP contribution in [0.2, 0.25) is 0 Å². The summed E-state index contributed by atoms with van der Waals surface area (Å²) in [4.78, 5) is 37.6. The van der Waals surface area contributed by atoms with Crippen molar-refractivity contribution in [2.24, 2.45) is 11.8 Å². The molecule has 0 aromatic carbocycles. The first kappa shape index (κ1) is 19.7. The molecule has 132 valence electrons. The zero-order chi connectivity index (χ0) is 17.2. The highest BCUT2D eigenvalue weighted by Gasteiger charge is 2.29. The Morgan fingerprint density at radius 3 is 2.48 bits per heavy atom. The molecular formula is C18H32N2O3. The Morgan fingerprint density at radius 1 is 1.13 bits per heavy atom. The summed E-state index contributed by atoms with van der Waals surface area (Å²) in [7, 11) is 0. The van der Waals surface area contributed by atoms with Gasteiger partial charge in [0.25, 0.3) is 0 Å². The lowest BCUT2D eigenvalue weighted by molar-refractivity contribution is -0.136. The summed E-state index contributed by atoms with van der Waals surface area (Å²) in [6, 6.07) is 0. The van der Waals surface area contributed by atoms with E-state index in [4.69, 9.17) is 0 Å². The van der Waals surface area contributed by atoms with E-state index in [9.17, 15) is 14.4 Å². The quantitative estimate of drug-likeness (QED) is 0.663. The molecule has 0 saturated carbocycles. The van der Waals surface area contributed by atoms with E-state index in [2.05, 4.69) is 5.32 Å². The van der Waals surface area contributed by atoms with Gasteiger partial charge in [0.05, 0.1) is 0 Å². The molecule has 23 heavy (non-hydrogen) atoms. The fourth-order valence-electron chi connectivity index (χ4n) is 3.09. The van der Waals surface area contributed by atoms with Crippen LogP contribution >= 0.6 is 0 Å². The van der Waals surface area contributed by atoms with Crippen molar-refractivity contribution in [1.82, 2.24) is 10.2 Å². The van der Waals surface area contributed by atoms with E-state index >= 15 is 0 Å². The van der Waals surface area contributed by atoms with Gasteiger partial charge in [0.2, 0.25) is 11.8 Å². The number of unbranched alkanes of at least 4 members (excludes halogenated alkanes) is 2. The number of rotatable bonds is 9. The molecule has 0 aromatic rings. The molecule has 0 bridgehead atoms. The van der Waals surface area contributed by atoms with Gasteiger partial charge in [-0.3, -0.25) is 14.4 Å². The van der Waals surface area contributed by atoms with Gasteiger partial charge in [-0.25, -0.2) is 0 Å². The number of piperidine rings is 1. The van der Waals surface area contributed by atoms with Crippen molar-refractivity contribution in [1.29, 1.82) is 0 Å². The zero-order valence-electron chi connectivity index (χ0n) is 14.9. The molecule has 1 atom stereocenters. The van der Waals surface area contributed by atoms with Gasteiger partial charge in [0, 0.05) is 44.3 Å². The Bertz CT molecular complexity index is 407. The Hall–Kier alpha value is -1.39. The molecule has 2 amide bonds. The Kier molecular flexibility index (Phi) is 8.89. The predicted molar refractivity (Wildman–Crippen MR) is 90.9 cm³/mol. The lowest BCUT2D eigenvalue weighted by Crippen LogP contribution is -2.43. The summed E-state index contributed by atoms with van der Waals surface area (Å²) >= 11 is 0. The summed E-state index contributed by atoms with van der Waals surface area (Å²) < 4.78 is 0. The van der Waals surface area contributed by atoms with E-state index in [1.807, 2.05) is 25.7 Å². The molecule has 5 nitrogen and oxygen atoms in total. The molecule has 0 radical (unpaired) electrons. The molecule has 1 heterocycles. The van der Waals surface area contributed by atoms with Crippen molar-refractivity contribution in [3.8, 4) is 0 Å². The van der Waals surface area contributed by atoms with Crippen LogP contribution in [0.1, 0.15) is 65.7 Å². The van der Waals surface area contributed by atoms with E-state index in [-0.39, 0.29) is 29.4 Å². The summed E-state index contributed by atoms with van der Waals surface area (Å²) in [5, 5.41) is 2.78. The number of amides is 2. The standard InChI is InChI=1S/C18H32N2O3/c1-4-19-16(21)10-6-5-7-11-17(22)20-12-8-9-15(13-20)18(23)14(2)3/h14-15H,4-13H2,1-3H3,(H,19,21)/t15-/m0/s1. The molecule has 1 fully saturated rings. The van der Waals surface area contributed by atoms with Crippen LogP contribution in [-0.2, 0) is 14.4 Å². The van der Waals surface area contributed by atoms with Crippen LogP contribution in [0.5, 0.6) is 0 Å². The second-order valence-corrected chi connectivity index (χ2v) is 6.75. The van der Waals surface area contributed by atoms with E-state index in [0.717, 1.165) is 38.6 Å². The summed E-state index contributed by atoms with van der Waals surface area (Å²) in [6.45, 7) is 7.80. The molecule has 0 spiro atoms. The van der Waals surface area contributed by atoms with Gasteiger partial charge >= 0.3 is 0 Å². The fourth-order valence-corrected chi connectivity index (χ4v) is 3.09. The van der Waals surface area contributed by atoms with Gasteiger partial charge in [0.15, 0.2) is 0 Å². The monoisotopic (exact) mass is 324 g/mol. The second kappa shape index (κ2) is 10.4. The van der Waals surface area contributed by atoms with Crippen LogP contribution in [0.15, 0.2) is 0 Å². The molecule has 1 aliphatic rings. The molecule has 1 N–H and O–H groups in total. The maximum Gasteiger partial charge on any atom is 0.222 e. The third kappa shape index (κ3) is 7.14. The molecule has 0 aromatic heterocycles. The van der Waals surface area contributed by atoms with Crippen molar-refractivity contribution in [3.63, 3.8) is 0 Å². The largest absolute Gasteiger partial charge is 0.356 e. The Labute approximate surface area is 140 Å². The summed E-state index contributed by atoms with van der Waals surface area (Å²) in [5.41, 5.74) is 0. The predicted octanol–water partition coefficient (Wildman–Crippen LogP) is 2.54. The van der Waals surface area contributed by atoms with Gasteiger partial charge in [-0.2, -0.15) is 0 Å². The Balaban J connectivity index is 2.24. The van der Waals surface area contributed by atoms with Crippen molar-refractivity contribution in [2.45, 2.75) is 65.7 Å². The van der Waals surface area contributed by atoms with E-state index in [0.29, 0.717) is 25.9 Å². The van der Waals surface area contributed by atoms with E-state index in [1.165, 1.54) is 0 Å². The van der Waals surface area contributed by atoms with Gasteiger partial charge in [-0.15, -0.1) is 0 Å². The van der Waals surface area contributed by atoms with Crippen LogP contribution in [0.4, 0.5) is 0 Å². The topological polar surface area (TPSA) is 66.5 Å². The number of ketones is 1. The highest BCUT2D eigenvalue weighted by molar-refractivity contribution is 5.84. The first-order valence-electron chi connectivity index (χ1n) is 9.03. The minimum absolute atomic E-state index is 0.0189. The van der Waals surface area contributed by atoms with Gasteiger partial charge in [-0.1, -0.05) is 20.3 Å². The zero-order valence-corrected chi connectivity index (χ0v) is 14.9. The number of nitrogens with one attached hydrogen (secondary N) is 1. The number of Topliss-reactive ketones (excluding diaryl/α,β-unsaturated/α-hetero) is 1. The van der Waals surface area contributed by atoms with Crippen molar-refractivity contribution < 1.29 is 14.4 Å². The fraction of sp³-hybridized carbons (Fsp3) is 0.833. The molecule has 5 heteroatoms. The lowest BCUT2D eigenvalue weighted by Gasteiger charge is -2.33. The third-order valence-corrected chi connectivity index (χ3v) is 4.41. The summed E-state index contributed by atoms with van der Waals surface area (Å²) in [5.74, 6) is 0.591. The van der Waals surface area contributed by atoms with E-state index < -0.39 is 0 Å². The van der Waals surface area contributed by atoms with Crippen LogP contribution in [0, 0.1) is 11.8 Å². The molecule has 0 unspecified atom stereocenters. The highest BCUT2D eigenvalue weighted by Crippen LogP contribution is 2.21. The van der Waals surface area contributed by atoms with E-state index in [1.54, 1.807) is 0 Å². The minimum atomic E-state index is 0.0189. The molecule has 1 rings (SSSR count). The van der Waals surface area contributed by atoms with Crippen LogP contribution < -0.4 is 5.32 Å². The van der Waals surface area contributed by atoms with Crippen molar-refractivity contribution in [2.75, 3.05) is 19.6 Å². The van der Waals surface area contributed by atoms with Gasteiger partial charge in [0.1, 0.15) is 5.78 Å². The number of likely N-dealkylation sites (tertiary alicyclic amines) is 1. The van der Waals surface area contributed by atoms with Gasteiger partial charge in [-0.05, 0) is 32.6 Å². The SMILES string of the molecule is CCNC(=O)CCCCCC(=O)N1CCC[C@H](C(=O)C(C)C)C1. The minimum Gasteiger partial charge on any atom is -0.356 e. The highest BCUT2D eigenvalue weighted by atomic mass is 16.2. The first-order chi connectivity index (χ1) is 11.0. The first-order valence-corrected chi connectivity index (χ1v) is 9.03. The third-order valence-electron chi connectivity index (χ3n) is 4.41. The lowest BCUT2D eigenvalue weighted by atomic mass is 9.88. The summed E-state index contributed by atoms with van der Waals surface area (Å²) in [6.07, 6.45) is 5.43. The normalized spacial score (nSPS) is 18.1. The number of nitrogens with zero attached hydrogens (tertiary/aromatic N) is 1. The molecule has 1 aliphatic heterocycles. The number of carbonyl (C=O) groups excluding carboxylic acids is 3. The second-order valence-electron chi connectivity index (χ2n) is 6.75. The van der Waals surface area contributed by atoms with Gasteiger partial charge < -0.3 is 10.2 Å². The number of hydrogen-bond donors (Lipinski definition) is 1. The van der Waals surface area contributed by atoms with Crippen molar-refractivity contribution in [3.05, 3.63) is 0 Å².